The number of nitrogens with one attached hydrogen (secondary N) is 1. The quantitative estimate of drug-likeness (QED) is 0.699. The molecule has 0 saturated carbocycles. The van der Waals surface area contributed by atoms with Crippen molar-refractivity contribution in [1.82, 2.24) is 10.2 Å². The zero-order chi connectivity index (χ0) is 20.6. The molecule has 2 aromatic rings. The number of piperidine rings is 1. The van der Waals surface area contributed by atoms with E-state index in [0.29, 0.717) is 50.2 Å². The molecule has 0 spiro atoms. The lowest BCUT2D eigenvalue weighted by Crippen LogP contribution is -2.44. The Morgan fingerprint density at radius 3 is 2.41 bits per heavy atom. The highest BCUT2D eigenvalue weighted by Gasteiger charge is 2.27. The third-order valence-corrected chi connectivity index (χ3v) is 6.04. The summed E-state index contributed by atoms with van der Waals surface area (Å²) in [6.07, 6.45) is 1.70. The molecule has 29 heavy (non-hydrogen) atoms. The van der Waals surface area contributed by atoms with Crippen LogP contribution in [0.4, 0.5) is 8.78 Å². The number of carbonyl (C=O) groups is 2. The molecule has 0 aliphatic carbocycles. The van der Waals surface area contributed by atoms with Gasteiger partial charge in [-0.15, -0.1) is 11.8 Å². The van der Waals surface area contributed by atoms with Crippen molar-refractivity contribution < 1.29 is 18.4 Å². The Hall–Kier alpha value is -2.41. The van der Waals surface area contributed by atoms with Crippen LogP contribution in [0.15, 0.2) is 53.4 Å². The monoisotopic (exact) mass is 418 g/mol. The first-order valence-corrected chi connectivity index (χ1v) is 10.7. The van der Waals surface area contributed by atoms with Crippen molar-refractivity contribution in [3.63, 3.8) is 0 Å². The van der Waals surface area contributed by atoms with Crippen LogP contribution < -0.4 is 5.32 Å². The smallest absolute Gasteiger partial charge is 0.232 e. The number of rotatable bonds is 7. The largest absolute Gasteiger partial charge is 0.356 e. The van der Waals surface area contributed by atoms with Gasteiger partial charge in [0.15, 0.2) is 0 Å². The van der Waals surface area contributed by atoms with Gasteiger partial charge in [0.05, 0.1) is 5.75 Å². The van der Waals surface area contributed by atoms with Crippen molar-refractivity contribution in [2.45, 2.75) is 24.2 Å². The molecule has 1 aliphatic heterocycles. The highest BCUT2D eigenvalue weighted by molar-refractivity contribution is 8.00. The van der Waals surface area contributed by atoms with E-state index in [1.165, 1.54) is 30.0 Å². The zero-order valence-electron chi connectivity index (χ0n) is 16.1. The maximum atomic E-state index is 13.6. The minimum absolute atomic E-state index is 0.0257. The van der Waals surface area contributed by atoms with Gasteiger partial charge < -0.3 is 10.2 Å². The summed E-state index contributed by atoms with van der Waals surface area (Å²) >= 11 is 1.38. The number of nitrogens with zero attached hydrogens (tertiary/aromatic N) is 1. The molecule has 0 aromatic heterocycles. The van der Waals surface area contributed by atoms with Crippen LogP contribution in [0.25, 0.3) is 0 Å². The topological polar surface area (TPSA) is 49.4 Å². The fourth-order valence-corrected chi connectivity index (χ4v) is 4.13. The molecule has 7 heteroatoms. The summed E-state index contributed by atoms with van der Waals surface area (Å²) in [7, 11) is 0. The summed E-state index contributed by atoms with van der Waals surface area (Å²) < 4.78 is 26.5. The number of carbonyl (C=O) groups excluding carboxylic acids is 2. The molecule has 1 heterocycles. The molecular weight excluding hydrogens is 394 g/mol. The summed E-state index contributed by atoms with van der Waals surface area (Å²) in [5, 5.41) is 2.88. The van der Waals surface area contributed by atoms with Crippen molar-refractivity contribution in [2.24, 2.45) is 5.92 Å². The SMILES string of the molecule is O=C(NCCc1ccccc1F)C1CCN(C(=O)CSc2ccc(F)cc2)CC1. The zero-order valence-corrected chi connectivity index (χ0v) is 16.9. The molecule has 1 saturated heterocycles. The van der Waals surface area contributed by atoms with Gasteiger partial charge in [-0.3, -0.25) is 9.59 Å². The second-order valence-electron chi connectivity index (χ2n) is 7.03. The lowest BCUT2D eigenvalue weighted by molar-refractivity contribution is -0.133. The van der Waals surface area contributed by atoms with E-state index in [-0.39, 0.29) is 29.4 Å². The summed E-state index contributed by atoms with van der Waals surface area (Å²) in [5.74, 6) is -0.385. The average molecular weight is 419 g/mol. The molecule has 1 aliphatic rings. The molecule has 0 radical (unpaired) electrons. The Morgan fingerprint density at radius 2 is 1.72 bits per heavy atom. The Bertz CT molecular complexity index is 837. The fraction of sp³-hybridized carbons (Fsp3) is 0.364. The number of thioether (sulfide) groups is 1. The van der Waals surface area contributed by atoms with E-state index in [0.717, 1.165) is 4.90 Å². The van der Waals surface area contributed by atoms with Crippen molar-refractivity contribution in [2.75, 3.05) is 25.4 Å². The van der Waals surface area contributed by atoms with Crippen molar-refractivity contribution in [1.29, 1.82) is 0 Å². The average Bonchev–Trinajstić information content (AvgIpc) is 2.74. The van der Waals surface area contributed by atoms with Gasteiger partial charge in [0.25, 0.3) is 0 Å². The Labute approximate surface area is 173 Å². The van der Waals surface area contributed by atoms with E-state index in [1.807, 2.05) is 0 Å². The summed E-state index contributed by atoms with van der Waals surface area (Å²) in [6, 6.07) is 12.6. The van der Waals surface area contributed by atoms with Gasteiger partial charge in [-0.05, 0) is 55.2 Å². The molecule has 2 amide bonds. The normalized spacial score (nSPS) is 14.6. The summed E-state index contributed by atoms with van der Waals surface area (Å²) in [6.45, 7) is 1.50. The van der Waals surface area contributed by atoms with Gasteiger partial charge in [0.2, 0.25) is 11.8 Å². The van der Waals surface area contributed by atoms with E-state index >= 15 is 0 Å². The predicted molar refractivity (Wildman–Crippen MR) is 110 cm³/mol. The highest BCUT2D eigenvalue weighted by atomic mass is 32.2. The van der Waals surface area contributed by atoms with E-state index in [1.54, 1.807) is 35.2 Å². The van der Waals surface area contributed by atoms with Crippen molar-refractivity contribution >= 4 is 23.6 Å². The van der Waals surface area contributed by atoms with Crippen molar-refractivity contribution in [3.8, 4) is 0 Å². The van der Waals surface area contributed by atoms with Crippen LogP contribution in [-0.4, -0.2) is 42.1 Å². The molecular formula is C22H24F2N2O2S. The molecule has 0 atom stereocenters. The molecule has 154 valence electrons. The third-order valence-electron chi connectivity index (χ3n) is 5.05. The van der Waals surface area contributed by atoms with Crippen LogP contribution in [0.2, 0.25) is 0 Å². The number of benzene rings is 2. The van der Waals surface area contributed by atoms with E-state index in [9.17, 15) is 18.4 Å². The molecule has 0 unspecified atom stereocenters. The van der Waals surface area contributed by atoms with Crippen LogP contribution in [-0.2, 0) is 16.0 Å². The number of likely N-dealkylation sites (tertiary alicyclic amines) is 1. The maximum Gasteiger partial charge on any atom is 0.232 e. The third kappa shape index (κ3) is 6.29. The summed E-state index contributed by atoms with van der Waals surface area (Å²) in [5.41, 5.74) is 0.590. The number of hydrogen-bond acceptors (Lipinski definition) is 3. The fourth-order valence-electron chi connectivity index (χ4n) is 3.32. The van der Waals surface area contributed by atoms with E-state index < -0.39 is 0 Å². The standard InChI is InChI=1S/C22H24F2N2O2S/c23-18-5-7-19(8-6-18)29-15-21(27)26-13-10-17(11-14-26)22(28)25-12-9-16-3-1-2-4-20(16)24/h1-8,17H,9-15H2,(H,25,28). The van der Waals surface area contributed by atoms with Gasteiger partial charge >= 0.3 is 0 Å². The first kappa shape index (κ1) is 21.3. The van der Waals surface area contributed by atoms with E-state index in [2.05, 4.69) is 5.32 Å². The van der Waals surface area contributed by atoms with Crippen LogP contribution in [0.1, 0.15) is 18.4 Å². The Kier molecular flexibility index (Phi) is 7.63. The maximum absolute atomic E-state index is 13.6. The lowest BCUT2D eigenvalue weighted by Gasteiger charge is -2.31. The Balaban J connectivity index is 1.36. The van der Waals surface area contributed by atoms with E-state index in [4.69, 9.17) is 0 Å². The molecule has 3 rings (SSSR count). The highest BCUT2D eigenvalue weighted by Crippen LogP contribution is 2.22. The molecule has 0 bridgehead atoms. The van der Waals surface area contributed by atoms with Gasteiger partial charge in [-0.2, -0.15) is 0 Å². The minimum atomic E-state index is -0.296. The van der Waals surface area contributed by atoms with Crippen LogP contribution in [0, 0.1) is 17.6 Å². The first-order valence-electron chi connectivity index (χ1n) is 9.70. The lowest BCUT2D eigenvalue weighted by atomic mass is 9.96. The molecule has 1 fully saturated rings. The van der Waals surface area contributed by atoms with Gasteiger partial charge in [0, 0.05) is 30.4 Å². The van der Waals surface area contributed by atoms with Crippen LogP contribution >= 0.6 is 11.8 Å². The minimum Gasteiger partial charge on any atom is -0.356 e. The molecule has 1 N–H and O–H groups in total. The predicted octanol–water partition coefficient (Wildman–Crippen LogP) is 3.65. The number of halogens is 2. The van der Waals surface area contributed by atoms with Gasteiger partial charge in [0.1, 0.15) is 11.6 Å². The molecule has 4 nitrogen and oxygen atoms in total. The number of hydrogen-bond donors (Lipinski definition) is 1. The van der Waals surface area contributed by atoms with Gasteiger partial charge in [-0.1, -0.05) is 18.2 Å². The second-order valence-corrected chi connectivity index (χ2v) is 8.08. The number of amides is 2. The Morgan fingerprint density at radius 1 is 1.03 bits per heavy atom. The van der Waals surface area contributed by atoms with Gasteiger partial charge in [-0.25, -0.2) is 8.78 Å². The van der Waals surface area contributed by atoms with Crippen molar-refractivity contribution in [3.05, 3.63) is 65.7 Å². The summed E-state index contributed by atoms with van der Waals surface area (Å²) in [4.78, 5) is 27.3. The molecule has 2 aromatic carbocycles. The van der Waals surface area contributed by atoms with Crippen LogP contribution in [0.3, 0.4) is 0 Å². The van der Waals surface area contributed by atoms with Crippen LogP contribution in [0.5, 0.6) is 0 Å². The second kappa shape index (κ2) is 10.4. The first-order chi connectivity index (χ1) is 14.0.